The second kappa shape index (κ2) is 8.52. The third kappa shape index (κ3) is 4.76. The van der Waals surface area contributed by atoms with E-state index in [9.17, 15) is 9.59 Å². The van der Waals surface area contributed by atoms with Crippen molar-refractivity contribution in [1.82, 2.24) is 4.90 Å². The molecule has 0 bridgehead atoms. The van der Waals surface area contributed by atoms with Crippen LogP contribution in [0, 0.1) is 10.7 Å². The van der Waals surface area contributed by atoms with Crippen molar-refractivity contribution >= 4 is 51.6 Å². The van der Waals surface area contributed by atoms with Crippen molar-refractivity contribution in [1.29, 1.82) is 0 Å². The zero-order valence-corrected chi connectivity index (χ0v) is 18.3. The quantitative estimate of drug-likeness (QED) is 0.394. The zero-order valence-electron chi connectivity index (χ0n) is 15.3. The van der Waals surface area contributed by atoms with Crippen LogP contribution in [-0.2, 0) is 4.79 Å². The predicted molar refractivity (Wildman–Crippen MR) is 115 cm³/mol. The standard InChI is InChI=1S/C20H20INO4S/c1-12(2)15-6-4-13(3)10-16(15)25-9-8-22-19(23)17(27-20(22)24)11-14-5-7-18(21)26-14/h4-7,10-12H,8-9H2,1-3H3/b17-11-. The summed E-state index contributed by atoms with van der Waals surface area (Å²) in [4.78, 5) is 26.3. The van der Waals surface area contributed by atoms with E-state index in [-0.39, 0.29) is 24.3 Å². The maximum atomic E-state index is 12.5. The number of aryl methyl sites for hydroxylation is 1. The molecule has 1 fully saturated rings. The van der Waals surface area contributed by atoms with Gasteiger partial charge in [-0.2, -0.15) is 0 Å². The fourth-order valence-corrected chi connectivity index (χ4v) is 4.00. The van der Waals surface area contributed by atoms with Gasteiger partial charge < -0.3 is 9.15 Å². The minimum absolute atomic E-state index is 0.211. The van der Waals surface area contributed by atoms with Crippen LogP contribution in [0.25, 0.3) is 6.08 Å². The van der Waals surface area contributed by atoms with E-state index in [1.807, 2.05) is 13.0 Å². The Morgan fingerprint density at radius 2 is 2.04 bits per heavy atom. The van der Waals surface area contributed by atoms with Gasteiger partial charge in [0.05, 0.1) is 11.4 Å². The van der Waals surface area contributed by atoms with Crippen molar-refractivity contribution in [2.75, 3.05) is 13.2 Å². The number of rotatable bonds is 6. The van der Waals surface area contributed by atoms with E-state index >= 15 is 0 Å². The van der Waals surface area contributed by atoms with Crippen LogP contribution in [0.5, 0.6) is 5.75 Å². The van der Waals surface area contributed by atoms with Gasteiger partial charge in [-0.05, 0) is 76.5 Å². The number of ether oxygens (including phenoxy) is 1. The lowest BCUT2D eigenvalue weighted by Crippen LogP contribution is -2.32. The molecule has 2 aromatic rings. The number of benzene rings is 1. The third-order valence-electron chi connectivity index (χ3n) is 4.10. The van der Waals surface area contributed by atoms with Crippen LogP contribution in [0.2, 0.25) is 0 Å². The zero-order chi connectivity index (χ0) is 19.6. The number of hydrogen-bond acceptors (Lipinski definition) is 5. The molecule has 0 unspecified atom stereocenters. The monoisotopic (exact) mass is 497 g/mol. The Labute approximate surface area is 176 Å². The molecule has 5 nitrogen and oxygen atoms in total. The Kier molecular flexibility index (Phi) is 6.31. The SMILES string of the molecule is Cc1ccc(C(C)C)c(OCCN2C(=O)S/C(=C\c3ccc(I)o3)C2=O)c1. The molecule has 0 spiro atoms. The Balaban J connectivity index is 1.65. The van der Waals surface area contributed by atoms with Crippen LogP contribution in [-0.4, -0.2) is 29.2 Å². The first-order chi connectivity index (χ1) is 12.8. The summed E-state index contributed by atoms with van der Waals surface area (Å²) in [6.07, 6.45) is 1.60. The molecule has 1 aliphatic rings. The van der Waals surface area contributed by atoms with E-state index in [2.05, 4.69) is 48.6 Å². The Morgan fingerprint density at radius 3 is 2.70 bits per heavy atom. The van der Waals surface area contributed by atoms with Gasteiger partial charge in [0, 0.05) is 6.08 Å². The molecule has 142 valence electrons. The van der Waals surface area contributed by atoms with E-state index in [0.717, 1.165) is 32.4 Å². The maximum Gasteiger partial charge on any atom is 0.293 e. The Bertz CT molecular complexity index is 903. The van der Waals surface area contributed by atoms with Crippen molar-refractivity contribution in [3.63, 3.8) is 0 Å². The molecule has 27 heavy (non-hydrogen) atoms. The lowest BCUT2D eigenvalue weighted by molar-refractivity contribution is -0.123. The molecule has 2 heterocycles. The normalized spacial score (nSPS) is 16.0. The van der Waals surface area contributed by atoms with Crippen LogP contribution in [0.4, 0.5) is 4.79 Å². The molecule has 0 atom stereocenters. The van der Waals surface area contributed by atoms with Crippen LogP contribution in [0.1, 0.15) is 36.7 Å². The van der Waals surface area contributed by atoms with Gasteiger partial charge in [-0.15, -0.1) is 0 Å². The predicted octanol–water partition coefficient (Wildman–Crippen LogP) is 5.43. The number of thioether (sulfide) groups is 1. The summed E-state index contributed by atoms with van der Waals surface area (Å²) in [5.74, 6) is 1.38. The van der Waals surface area contributed by atoms with Gasteiger partial charge in [-0.1, -0.05) is 26.0 Å². The molecule has 1 saturated heterocycles. The number of carbonyl (C=O) groups excluding carboxylic acids is 2. The van der Waals surface area contributed by atoms with E-state index in [4.69, 9.17) is 9.15 Å². The Hall–Kier alpha value is -1.74. The highest BCUT2D eigenvalue weighted by Gasteiger charge is 2.35. The second-order valence-electron chi connectivity index (χ2n) is 6.52. The lowest BCUT2D eigenvalue weighted by Gasteiger charge is -2.17. The summed E-state index contributed by atoms with van der Waals surface area (Å²) in [6, 6.07) is 9.67. The summed E-state index contributed by atoms with van der Waals surface area (Å²) in [5, 5.41) is -0.288. The molecule has 1 aliphatic heterocycles. The molecule has 7 heteroatoms. The van der Waals surface area contributed by atoms with Gasteiger partial charge in [0.15, 0.2) is 3.77 Å². The number of amides is 2. The van der Waals surface area contributed by atoms with Crippen molar-refractivity contribution in [2.24, 2.45) is 0 Å². The van der Waals surface area contributed by atoms with Crippen molar-refractivity contribution in [3.05, 3.63) is 55.9 Å². The number of imide groups is 1. The first-order valence-electron chi connectivity index (χ1n) is 8.59. The molecule has 2 amide bonds. The van der Waals surface area contributed by atoms with Gasteiger partial charge in [-0.3, -0.25) is 14.5 Å². The van der Waals surface area contributed by atoms with Crippen LogP contribution >= 0.6 is 34.4 Å². The van der Waals surface area contributed by atoms with Gasteiger partial charge in [0.1, 0.15) is 18.1 Å². The summed E-state index contributed by atoms with van der Waals surface area (Å²) < 4.78 is 12.1. The first kappa shape index (κ1) is 20.0. The van der Waals surface area contributed by atoms with Crippen molar-refractivity contribution in [3.8, 4) is 5.75 Å². The highest BCUT2D eigenvalue weighted by molar-refractivity contribution is 14.1. The molecule has 0 N–H and O–H groups in total. The fraction of sp³-hybridized carbons (Fsp3) is 0.300. The maximum absolute atomic E-state index is 12.5. The summed E-state index contributed by atoms with van der Waals surface area (Å²) >= 11 is 2.98. The average Bonchev–Trinajstić information content (AvgIpc) is 3.12. The molecular formula is C20H20INO4S. The number of furan rings is 1. The molecule has 0 aliphatic carbocycles. The number of nitrogens with zero attached hydrogens (tertiary/aromatic N) is 1. The number of carbonyl (C=O) groups is 2. The summed E-state index contributed by atoms with van der Waals surface area (Å²) in [6.45, 7) is 6.69. The van der Waals surface area contributed by atoms with Gasteiger partial charge in [0.2, 0.25) is 0 Å². The molecule has 1 aromatic carbocycles. The third-order valence-corrected chi connectivity index (χ3v) is 5.59. The summed E-state index contributed by atoms with van der Waals surface area (Å²) in [5.41, 5.74) is 2.22. The molecule has 0 saturated carbocycles. The Morgan fingerprint density at radius 1 is 1.26 bits per heavy atom. The number of hydrogen-bond donors (Lipinski definition) is 0. The fourth-order valence-electron chi connectivity index (χ4n) is 2.72. The van der Waals surface area contributed by atoms with Crippen molar-refractivity contribution in [2.45, 2.75) is 26.7 Å². The highest BCUT2D eigenvalue weighted by Crippen LogP contribution is 2.33. The second-order valence-corrected chi connectivity index (χ2v) is 8.58. The highest BCUT2D eigenvalue weighted by atomic mass is 127. The largest absolute Gasteiger partial charge is 0.491 e. The summed E-state index contributed by atoms with van der Waals surface area (Å²) in [7, 11) is 0. The topological polar surface area (TPSA) is 59.8 Å². The van der Waals surface area contributed by atoms with Crippen LogP contribution in [0.3, 0.4) is 0 Å². The molecule has 0 radical (unpaired) electrons. The molecular weight excluding hydrogens is 477 g/mol. The van der Waals surface area contributed by atoms with Gasteiger partial charge in [-0.25, -0.2) is 0 Å². The average molecular weight is 497 g/mol. The van der Waals surface area contributed by atoms with Gasteiger partial charge >= 0.3 is 0 Å². The smallest absolute Gasteiger partial charge is 0.293 e. The van der Waals surface area contributed by atoms with E-state index in [1.165, 1.54) is 4.90 Å². The number of halogens is 1. The van der Waals surface area contributed by atoms with E-state index in [1.54, 1.807) is 18.2 Å². The van der Waals surface area contributed by atoms with Gasteiger partial charge in [0.25, 0.3) is 11.1 Å². The molecule has 3 rings (SSSR count). The minimum atomic E-state index is -0.312. The van der Waals surface area contributed by atoms with E-state index < -0.39 is 0 Å². The van der Waals surface area contributed by atoms with Crippen molar-refractivity contribution < 1.29 is 18.7 Å². The first-order valence-corrected chi connectivity index (χ1v) is 10.5. The molecule has 1 aromatic heterocycles. The van der Waals surface area contributed by atoms with Crippen LogP contribution < -0.4 is 4.74 Å². The van der Waals surface area contributed by atoms with E-state index in [0.29, 0.717) is 16.6 Å². The van der Waals surface area contributed by atoms with Crippen LogP contribution in [0.15, 0.2) is 39.7 Å². The lowest BCUT2D eigenvalue weighted by atomic mass is 10.0. The minimum Gasteiger partial charge on any atom is -0.491 e.